The third-order valence-electron chi connectivity index (χ3n) is 3.32. The van der Waals surface area contributed by atoms with E-state index < -0.39 is 0 Å². The molecule has 1 aromatic heterocycles. The van der Waals surface area contributed by atoms with Crippen LogP contribution in [0.5, 0.6) is 0 Å². The molecule has 0 aliphatic rings. The Hall–Kier alpha value is -2.18. The monoisotopic (exact) mass is 290 g/mol. The number of hydrogen-bond donors (Lipinski definition) is 0. The normalized spacial score (nSPS) is 10.8. The van der Waals surface area contributed by atoms with Crippen molar-refractivity contribution in [3.63, 3.8) is 0 Å². The van der Waals surface area contributed by atoms with Crippen molar-refractivity contribution in [2.45, 2.75) is 6.54 Å². The van der Waals surface area contributed by atoms with Gasteiger partial charge in [0.15, 0.2) is 0 Å². The van der Waals surface area contributed by atoms with Gasteiger partial charge >= 0.3 is 0 Å². The van der Waals surface area contributed by atoms with Gasteiger partial charge in [-0.3, -0.25) is 14.4 Å². The largest absolute Gasteiger partial charge is 0.383 e. The van der Waals surface area contributed by atoms with E-state index in [0.29, 0.717) is 18.5 Å². The molecule has 2 aromatic rings. The Labute approximate surface area is 122 Å². The zero-order valence-corrected chi connectivity index (χ0v) is 12.3. The molecule has 0 atom stereocenters. The molecule has 1 heterocycles. The molecular formula is C15H18N2O4. The van der Waals surface area contributed by atoms with Crippen molar-refractivity contribution in [1.82, 2.24) is 9.63 Å². The van der Waals surface area contributed by atoms with Crippen LogP contribution in [0.1, 0.15) is 10.5 Å². The molecule has 6 heteroatoms. The zero-order valence-electron chi connectivity index (χ0n) is 12.3. The molecule has 0 bridgehead atoms. The van der Waals surface area contributed by atoms with Crippen molar-refractivity contribution >= 4 is 16.7 Å². The van der Waals surface area contributed by atoms with E-state index in [2.05, 4.69) is 0 Å². The number of hydrogen-bond acceptors (Lipinski definition) is 4. The molecule has 0 aliphatic heterocycles. The van der Waals surface area contributed by atoms with Gasteiger partial charge in [-0.15, -0.1) is 0 Å². The Morgan fingerprint density at radius 1 is 1.29 bits per heavy atom. The van der Waals surface area contributed by atoms with E-state index in [-0.39, 0.29) is 17.2 Å². The maximum absolute atomic E-state index is 12.6. The maximum atomic E-state index is 12.6. The van der Waals surface area contributed by atoms with E-state index in [1.165, 1.54) is 18.7 Å². The standard InChI is InChI=1S/C15H18N2O4/c1-16(21-3)15(19)13-10-11-6-4-5-7-12(11)14(18)17(13)8-9-20-2/h4-7,10H,8-9H2,1-3H3. The van der Waals surface area contributed by atoms with Gasteiger partial charge in [0.05, 0.1) is 13.7 Å². The highest BCUT2D eigenvalue weighted by molar-refractivity contribution is 5.96. The summed E-state index contributed by atoms with van der Waals surface area (Å²) in [7, 11) is 4.45. The topological polar surface area (TPSA) is 60.8 Å². The molecule has 0 saturated heterocycles. The number of methoxy groups -OCH3 is 1. The molecule has 21 heavy (non-hydrogen) atoms. The van der Waals surface area contributed by atoms with Crippen molar-refractivity contribution in [2.75, 3.05) is 27.9 Å². The summed E-state index contributed by atoms with van der Waals surface area (Å²) in [6.07, 6.45) is 0. The third-order valence-corrected chi connectivity index (χ3v) is 3.32. The van der Waals surface area contributed by atoms with Gasteiger partial charge in [-0.05, 0) is 17.5 Å². The van der Waals surface area contributed by atoms with Crippen LogP contribution in [-0.4, -0.2) is 43.4 Å². The van der Waals surface area contributed by atoms with E-state index in [1.807, 2.05) is 6.07 Å². The van der Waals surface area contributed by atoms with Crippen LogP contribution in [0.2, 0.25) is 0 Å². The van der Waals surface area contributed by atoms with Crippen LogP contribution in [0.3, 0.4) is 0 Å². The average Bonchev–Trinajstić information content (AvgIpc) is 2.52. The molecule has 1 amide bonds. The molecule has 0 saturated carbocycles. The van der Waals surface area contributed by atoms with Crippen molar-refractivity contribution in [3.05, 3.63) is 46.4 Å². The van der Waals surface area contributed by atoms with Gasteiger partial charge in [0, 0.05) is 26.1 Å². The molecule has 0 N–H and O–H groups in total. The van der Waals surface area contributed by atoms with Crippen molar-refractivity contribution in [3.8, 4) is 0 Å². The van der Waals surface area contributed by atoms with Gasteiger partial charge in [-0.25, -0.2) is 5.06 Å². The van der Waals surface area contributed by atoms with Crippen LogP contribution in [0, 0.1) is 0 Å². The average molecular weight is 290 g/mol. The Morgan fingerprint density at radius 2 is 2.00 bits per heavy atom. The van der Waals surface area contributed by atoms with E-state index >= 15 is 0 Å². The van der Waals surface area contributed by atoms with Crippen LogP contribution >= 0.6 is 0 Å². The summed E-state index contributed by atoms with van der Waals surface area (Å²) in [5, 5.41) is 2.39. The molecule has 112 valence electrons. The number of carbonyl (C=O) groups excluding carboxylic acids is 1. The number of pyridine rings is 1. The van der Waals surface area contributed by atoms with Gasteiger partial charge in [-0.2, -0.15) is 0 Å². The van der Waals surface area contributed by atoms with E-state index in [0.717, 1.165) is 10.4 Å². The maximum Gasteiger partial charge on any atom is 0.293 e. The molecule has 0 radical (unpaired) electrons. The fourth-order valence-electron chi connectivity index (χ4n) is 2.12. The van der Waals surface area contributed by atoms with Gasteiger partial charge in [0.1, 0.15) is 5.69 Å². The molecule has 6 nitrogen and oxygen atoms in total. The summed E-state index contributed by atoms with van der Waals surface area (Å²) < 4.78 is 6.44. The molecule has 0 unspecified atom stereocenters. The molecule has 1 aromatic carbocycles. The second-order valence-corrected chi connectivity index (χ2v) is 4.55. The van der Waals surface area contributed by atoms with E-state index in [4.69, 9.17) is 9.57 Å². The summed E-state index contributed by atoms with van der Waals surface area (Å²) in [5.74, 6) is -0.378. The number of ether oxygens (including phenoxy) is 1. The summed E-state index contributed by atoms with van der Waals surface area (Å²) in [6, 6.07) is 8.88. The molecule has 0 fully saturated rings. The number of fused-ring (bicyclic) bond motifs is 1. The highest BCUT2D eigenvalue weighted by Gasteiger charge is 2.18. The van der Waals surface area contributed by atoms with Crippen LogP contribution in [0.4, 0.5) is 0 Å². The van der Waals surface area contributed by atoms with Crippen molar-refractivity contribution in [2.24, 2.45) is 0 Å². The summed E-state index contributed by atoms with van der Waals surface area (Å²) in [4.78, 5) is 29.8. The van der Waals surface area contributed by atoms with Gasteiger partial charge in [0.2, 0.25) is 0 Å². The predicted molar refractivity (Wildman–Crippen MR) is 79.2 cm³/mol. The molecule has 0 spiro atoms. The van der Waals surface area contributed by atoms with Crippen molar-refractivity contribution < 1.29 is 14.4 Å². The number of rotatable bonds is 5. The van der Waals surface area contributed by atoms with Crippen LogP contribution < -0.4 is 5.56 Å². The number of nitrogens with zero attached hydrogens (tertiary/aromatic N) is 2. The lowest BCUT2D eigenvalue weighted by atomic mass is 10.1. The number of carbonyl (C=O) groups is 1. The number of aromatic nitrogens is 1. The highest BCUT2D eigenvalue weighted by Crippen LogP contribution is 2.13. The van der Waals surface area contributed by atoms with Crippen LogP contribution in [0.25, 0.3) is 10.8 Å². The van der Waals surface area contributed by atoms with Gasteiger partial charge < -0.3 is 9.30 Å². The number of hydroxylamine groups is 2. The van der Waals surface area contributed by atoms with E-state index in [9.17, 15) is 9.59 Å². The summed E-state index contributed by atoms with van der Waals surface area (Å²) >= 11 is 0. The first-order chi connectivity index (χ1) is 10.1. The van der Waals surface area contributed by atoms with Crippen molar-refractivity contribution in [1.29, 1.82) is 0 Å². The zero-order chi connectivity index (χ0) is 15.4. The van der Waals surface area contributed by atoms with Gasteiger partial charge in [-0.1, -0.05) is 18.2 Å². The van der Waals surface area contributed by atoms with Gasteiger partial charge in [0.25, 0.3) is 11.5 Å². The Kier molecular flexibility index (Phi) is 4.72. The first-order valence-electron chi connectivity index (χ1n) is 6.53. The fraction of sp³-hybridized carbons (Fsp3) is 0.333. The number of benzene rings is 1. The molecule has 2 rings (SSSR count). The predicted octanol–water partition coefficient (Wildman–Crippen LogP) is 1.28. The number of amides is 1. The fourth-order valence-corrected chi connectivity index (χ4v) is 2.12. The third kappa shape index (κ3) is 2.96. The second kappa shape index (κ2) is 6.51. The van der Waals surface area contributed by atoms with E-state index in [1.54, 1.807) is 31.4 Å². The highest BCUT2D eigenvalue weighted by atomic mass is 16.7. The smallest absolute Gasteiger partial charge is 0.293 e. The minimum atomic E-state index is -0.378. The summed E-state index contributed by atoms with van der Waals surface area (Å²) in [5.41, 5.74) is 0.0677. The minimum absolute atomic E-state index is 0.210. The molecular weight excluding hydrogens is 272 g/mol. The second-order valence-electron chi connectivity index (χ2n) is 4.55. The lowest BCUT2D eigenvalue weighted by molar-refractivity contribution is -0.0764. The Morgan fingerprint density at radius 3 is 2.67 bits per heavy atom. The molecule has 0 aliphatic carbocycles. The van der Waals surface area contributed by atoms with Crippen LogP contribution in [-0.2, 0) is 16.1 Å². The Balaban J connectivity index is 2.65. The minimum Gasteiger partial charge on any atom is -0.383 e. The quantitative estimate of drug-likeness (QED) is 0.778. The first-order valence-corrected chi connectivity index (χ1v) is 6.53. The first kappa shape index (κ1) is 15.2. The van der Waals surface area contributed by atoms with Crippen LogP contribution in [0.15, 0.2) is 35.1 Å². The SMILES string of the molecule is COCCn1c(C(=O)N(C)OC)cc2ccccc2c1=O. The lowest BCUT2D eigenvalue weighted by Gasteiger charge is -2.18. The summed E-state index contributed by atoms with van der Waals surface area (Å²) in [6.45, 7) is 0.647. The Bertz CT molecular complexity index is 708. The lowest BCUT2D eigenvalue weighted by Crippen LogP contribution is -2.34.